The van der Waals surface area contributed by atoms with Crippen molar-refractivity contribution in [1.29, 1.82) is 5.26 Å². The zero-order valence-corrected chi connectivity index (χ0v) is 27.7. The summed E-state index contributed by atoms with van der Waals surface area (Å²) in [6, 6.07) is 65.7. The van der Waals surface area contributed by atoms with Gasteiger partial charge in [0.15, 0.2) is 0 Å². The van der Waals surface area contributed by atoms with Crippen molar-refractivity contribution in [2.45, 2.75) is 5.41 Å². The molecule has 0 atom stereocenters. The fourth-order valence-corrected chi connectivity index (χ4v) is 8.69. The standard InChI is InChI=1S/C49H30N2/c50-31-32-21-26-44-43(28-32)40-18-11-19-42-46(35-25-23-33-22-24-34(29-36(33)30-35)45-20-9-10-27-51-45)39-16-7-8-17-41(39)48(47(40)42)49(44,37-12-3-1-4-13-37)38-14-5-2-6-15-38/h1-30H. The number of nitrogens with zero attached hydrogens (tertiary/aromatic N) is 2. The number of aromatic nitrogens is 1. The second-order valence-corrected chi connectivity index (χ2v) is 13.4. The van der Waals surface area contributed by atoms with Gasteiger partial charge in [-0.15, -0.1) is 0 Å². The molecule has 2 nitrogen and oxygen atoms in total. The molecule has 1 heterocycles. The number of nitriles is 1. The zero-order valence-electron chi connectivity index (χ0n) is 27.7. The Kier molecular flexibility index (Phi) is 6.50. The van der Waals surface area contributed by atoms with Gasteiger partial charge in [0.1, 0.15) is 0 Å². The highest BCUT2D eigenvalue weighted by atomic mass is 14.7. The third kappa shape index (κ3) is 4.26. The van der Waals surface area contributed by atoms with Crippen LogP contribution < -0.4 is 0 Å². The average Bonchev–Trinajstić information content (AvgIpc) is 3.21. The van der Waals surface area contributed by atoms with Crippen LogP contribution in [0.3, 0.4) is 0 Å². The number of fused-ring (bicyclic) bond motifs is 5. The first-order chi connectivity index (χ1) is 25.3. The lowest BCUT2D eigenvalue weighted by molar-refractivity contribution is 0.756. The molecular formula is C49H30N2. The zero-order chi connectivity index (χ0) is 33.9. The van der Waals surface area contributed by atoms with Crippen LogP contribution in [0, 0.1) is 11.3 Å². The van der Waals surface area contributed by atoms with Gasteiger partial charge in [0.25, 0.3) is 0 Å². The molecule has 9 aromatic rings. The number of hydrogen-bond acceptors (Lipinski definition) is 2. The highest BCUT2D eigenvalue weighted by Crippen LogP contribution is 2.59. The predicted octanol–water partition coefficient (Wildman–Crippen LogP) is 12.1. The van der Waals surface area contributed by atoms with Crippen LogP contribution in [0.25, 0.3) is 65.8 Å². The monoisotopic (exact) mass is 646 g/mol. The first-order valence-electron chi connectivity index (χ1n) is 17.4. The van der Waals surface area contributed by atoms with E-state index in [4.69, 9.17) is 0 Å². The topological polar surface area (TPSA) is 36.7 Å². The number of hydrogen-bond donors (Lipinski definition) is 0. The Balaban J connectivity index is 1.38. The van der Waals surface area contributed by atoms with Crippen molar-refractivity contribution in [2.24, 2.45) is 0 Å². The largest absolute Gasteiger partial charge is 0.256 e. The van der Waals surface area contributed by atoms with Crippen molar-refractivity contribution in [3.05, 3.63) is 210 Å². The lowest BCUT2D eigenvalue weighted by atomic mass is 9.58. The molecule has 0 radical (unpaired) electrons. The molecule has 2 heteroatoms. The van der Waals surface area contributed by atoms with Gasteiger partial charge in [-0.25, -0.2) is 0 Å². The van der Waals surface area contributed by atoms with E-state index in [1.54, 1.807) is 0 Å². The summed E-state index contributed by atoms with van der Waals surface area (Å²) in [7, 11) is 0. The fourth-order valence-electron chi connectivity index (χ4n) is 8.69. The summed E-state index contributed by atoms with van der Waals surface area (Å²) in [6.07, 6.45) is 1.85. The molecule has 1 aromatic heterocycles. The Hall–Kier alpha value is -6.82. The minimum atomic E-state index is -0.641. The Morgan fingerprint density at radius 1 is 0.490 bits per heavy atom. The molecule has 0 aliphatic heterocycles. The maximum Gasteiger partial charge on any atom is 0.0991 e. The second kappa shape index (κ2) is 11.4. The Morgan fingerprint density at radius 3 is 1.88 bits per heavy atom. The summed E-state index contributed by atoms with van der Waals surface area (Å²) in [5.74, 6) is 0. The predicted molar refractivity (Wildman–Crippen MR) is 210 cm³/mol. The van der Waals surface area contributed by atoms with E-state index < -0.39 is 5.41 Å². The SMILES string of the molecule is N#Cc1ccc2c(c1)-c1cccc3c(-c4ccc5ccc(-c6ccccn6)cc5c4)c4ccccc4c(c13)C2(c1ccccc1)c1ccccc1. The average molecular weight is 647 g/mol. The summed E-state index contributed by atoms with van der Waals surface area (Å²) in [5, 5.41) is 17.4. The van der Waals surface area contributed by atoms with E-state index in [1.807, 2.05) is 24.4 Å². The second-order valence-electron chi connectivity index (χ2n) is 13.4. The molecule has 0 bridgehead atoms. The molecule has 0 saturated heterocycles. The molecule has 10 rings (SSSR count). The summed E-state index contributed by atoms with van der Waals surface area (Å²) in [5.41, 5.74) is 11.6. The van der Waals surface area contributed by atoms with Crippen LogP contribution >= 0.6 is 0 Å². The summed E-state index contributed by atoms with van der Waals surface area (Å²) >= 11 is 0. The van der Waals surface area contributed by atoms with Gasteiger partial charge in [-0.1, -0.05) is 140 Å². The van der Waals surface area contributed by atoms with Crippen molar-refractivity contribution in [1.82, 2.24) is 4.98 Å². The molecule has 8 aromatic carbocycles. The lowest BCUT2D eigenvalue weighted by Crippen LogP contribution is -2.34. The van der Waals surface area contributed by atoms with Crippen LogP contribution in [-0.4, -0.2) is 4.98 Å². The first-order valence-corrected chi connectivity index (χ1v) is 17.4. The fraction of sp³-hybridized carbons (Fsp3) is 0.0204. The maximum atomic E-state index is 10.2. The van der Waals surface area contributed by atoms with Crippen LogP contribution in [0.15, 0.2) is 182 Å². The highest BCUT2D eigenvalue weighted by molar-refractivity contribution is 6.21. The van der Waals surface area contributed by atoms with Gasteiger partial charge in [0.2, 0.25) is 0 Å². The van der Waals surface area contributed by atoms with Gasteiger partial charge < -0.3 is 0 Å². The molecule has 1 aliphatic carbocycles. The van der Waals surface area contributed by atoms with Gasteiger partial charge in [0.05, 0.1) is 22.7 Å². The molecular weight excluding hydrogens is 617 g/mol. The summed E-state index contributed by atoms with van der Waals surface area (Å²) in [4.78, 5) is 4.63. The van der Waals surface area contributed by atoms with Crippen molar-refractivity contribution in [3.8, 4) is 39.6 Å². The van der Waals surface area contributed by atoms with E-state index in [2.05, 4.69) is 169 Å². The van der Waals surface area contributed by atoms with Crippen LogP contribution in [0.4, 0.5) is 0 Å². The third-order valence-corrected chi connectivity index (χ3v) is 10.8. The van der Waals surface area contributed by atoms with Crippen LogP contribution in [-0.2, 0) is 5.41 Å². The van der Waals surface area contributed by atoms with Crippen LogP contribution in [0.2, 0.25) is 0 Å². The van der Waals surface area contributed by atoms with Crippen molar-refractivity contribution in [2.75, 3.05) is 0 Å². The van der Waals surface area contributed by atoms with Crippen molar-refractivity contribution >= 4 is 32.3 Å². The van der Waals surface area contributed by atoms with E-state index >= 15 is 0 Å². The molecule has 0 saturated carbocycles. The van der Waals surface area contributed by atoms with Crippen molar-refractivity contribution < 1.29 is 0 Å². The smallest absolute Gasteiger partial charge is 0.0991 e. The Labute approximate surface area is 296 Å². The minimum absolute atomic E-state index is 0.641. The first kappa shape index (κ1) is 29.1. The molecule has 51 heavy (non-hydrogen) atoms. The van der Waals surface area contributed by atoms with Gasteiger partial charge in [0, 0.05) is 11.8 Å². The van der Waals surface area contributed by atoms with Crippen LogP contribution in [0.5, 0.6) is 0 Å². The lowest BCUT2D eigenvalue weighted by Gasteiger charge is -2.43. The molecule has 0 N–H and O–H groups in total. The Bertz CT molecular complexity index is 2810. The van der Waals surface area contributed by atoms with E-state index in [-0.39, 0.29) is 0 Å². The molecule has 0 spiro atoms. The number of benzene rings is 8. The summed E-state index contributed by atoms with van der Waals surface area (Å²) in [6.45, 7) is 0. The quantitative estimate of drug-likeness (QED) is 0.178. The molecule has 0 amide bonds. The third-order valence-electron chi connectivity index (χ3n) is 10.8. The normalized spacial score (nSPS) is 12.8. The number of rotatable bonds is 4. The molecule has 1 aliphatic rings. The summed E-state index contributed by atoms with van der Waals surface area (Å²) < 4.78 is 0. The van der Waals surface area contributed by atoms with Gasteiger partial charge in [-0.3, -0.25) is 4.98 Å². The maximum absolute atomic E-state index is 10.2. The van der Waals surface area contributed by atoms with Crippen molar-refractivity contribution in [3.63, 3.8) is 0 Å². The molecule has 0 unspecified atom stereocenters. The van der Waals surface area contributed by atoms with Gasteiger partial charge in [-0.2, -0.15) is 5.26 Å². The molecule has 0 fully saturated rings. The van der Waals surface area contributed by atoms with Gasteiger partial charge >= 0.3 is 0 Å². The van der Waals surface area contributed by atoms with Crippen LogP contribution in [0.1, 0.15) is 27.8 Å². The highest BCUT2D eigenvalue weighted by Gasteiger charge is 2.45. The van der Waals surface area contributed by atoms with E-state index in [0.717, 1.165) is 22.4 Å². The molecule has 236 valence electrons. The minimum Gasteiger partial charge on any atom is -0.256 e. The van der Waals surface area contributed by atoms with E-state index in [0.29, 0.717) is 5.56 Å². The van der Waals surface area contributed by atoms with E-state index in [1.165, 1.54) is 65.7 Å². The number of pyridine rings is 1. The van der Waals surface area contributed by atoms with Gasteiger partial charge in [-0.05, 0) is 113 Å². The van der Waals surface area contributed by atoms with E-state index in [9.17, 15) is 5.26 Å². The Morgan fingerprint density at radius 2 is 1.16 bits per heavy atom.